The number of hydrogen-bond donors (Lipinski definition) is 1. The number of nitrogens with zero attached hydrogens (tertiary/aromatic N) is 2. The van der Waals surface area contributed by atoms with Crippen LogP contribution in [0, 0.1) is 11.3 Å². The maximum Gasteiger partial charge on any atom is 0.343 e. The molecule has 1 N–H and O–H groups in total. The van der Waals surface area contributed by atoms with Crippen LogP contribution in [-0.4, -0.2) is 25.2 Å². The second-order valence-corrected chi connectivity index (χ2v) is 6.04. The average molecular weight is 399 g/mol. The van der Waals surface area contributed by atoms with Crippen LogP contribution in [0.15, 0.2) is 77.9 Å². The summed E-state index contributed by atoms with van der Waals surface area (Å²) in [6.45, 7) is 0. The topological polar surface area (TPSA) is 101 Å². The van der Waals surface area contributed by atoms with E-state index in [1.165, 1.54) is 18.3 Å². The second kappa shape index (κ2) is 9.66. The highest BCUT2D eigenvalue weighted by Crippen LogP contribution is 2.19. The van der Waals surface area contributed by atoms with Crippen molar-refractivity contribution in [3.8, 4) is 17.6 Å². The first-order valence-corrected chi connectivity index (χ1v) is 8.89. The Balaban J connectivity index is 1.67. The summed E-state index contributed by atoms with van der Waals surface area (Å²) >= 11 is 0. The molecule has 0 aromatic heterocycles. The van der Waals surface area contributed by atoms with Gasteiger partial charge in [-0.1, -0.05) is 12.1 Å². The predicted molar refractivity (Wildman–Crippen MR) is 111 cm³/mol. The highest BCUT2D eigenvalue weighted by molar-refractivity contribution is 5.96. The Kier molecular flexibility index (Phi) is 6.54. The molecule has 30 heavy (non-hydrogen) atoms. The predicted octanol–water partition coefficient (Wildman–Crippen LogP) is 3.55. The lowest BCUT2D eigenvalue weighted by molar-refractivity contribution is 0.0734. The number of hydrogen-bond acceptors (Lipinski definition) is 6. The number of ether oxygens (including phenoxy) is 2. The van der Waals surface area contributed by atoms with Crippen molar-refractivity contribution in [1.29, 1.82) is 5.26 Å². The summed E-state index contributed by atoms with van der Waals surface area (Å²) in [5, 5.41) is 12.7. The second-order valence-electron chi connectivity index (χ2n) is 6.04. The molecule has 0 unspecified atom stereocenters. The van der Waals surface area contributed by atoms with E-state index in [4.69, 9.17) is 14.7 Å². The molecule has 0 fully saturated rings. The lowest BCUT2D eigenvalue weighted by Gasteiger charge is -2.08. The molecule has 3 aromatic rings. The Hall–Kier alpha value is -4.44. The number of hydrazone groups is 1. The number of esters is 1. The SMILES string of the molecule is COc1ccc(C(=O)Oc2ccccc2/C=N\NC(=O)c2ccc(C#N)cc2)cc1. The number of benzene rings is 3. The van der Waals surface area contributed by atoms with Gasteiger partial charge in [0.05, 0.1) is 30.5 Å². The maximum absolute atomic E-state index is 12.4. The van der Waals surface area contributed by atoms with Gasteiger partial charge in [-0.2, -0.15) is 10.4 Å². The Morgan fingerprint density at radius 1 is 0.967 bits per heavy atom. The molecular formula is C23H17N3O4. The van der Waals surface area contributed by atoms with Crippen LogP contribution in [0.25, 0.3) is 0 Å². The molecule has 0 radical (unpaired) electrons. The van der Waals surface area contributed by atoms with Crippen molar-refractivity contribution in [3.63, 3.8) is 0 Å². The third-order valence-corrected chi connectivity index (χ3v) is 4.09. The first kappa shape index (κ1) is 20.3. The maximum atomic E-state index is 12.4. The van der Waals surface area contributed by atoms with Gasteiger partial charge in [0.2, 0.25) is 0 Å². The molecule has 3 rings (SSSR count). The molecule has 1 amide bonds. The van der Waals surface area contributed by atoms with Crippen LogP contribution in [-0.2, 0) is 0 Å². The van der Waals surface area contributed by atoms with Crippen molar-refractivity contribution < 1.29 is 19.1 Å². The summed E-state index contributed by atoms with van der Waals surface area (Å²) in [5.74, 6) is -0.0182. The van der Waals surface area contributed by atoms with E-state index in [9.17, 15) is 9.59 Å². The normalized spacial score (nSPS) is 10.3. The third-order valence-electron chi connectivity index (χ3n) is 4.09. The summed E-state index contributed by atoms with van der Waals surface area (Å²) < 4.78 is 10.5. The third kappa shape index (κ3) is 5.09. The zero-order valence-electron chi connectivity index (χ0n) is 16.0. The van der Waals surface area contributed by atoms with E-state index < -0.39 is 11.9 Å². The summed E-state index contributed by atoms with van der Waals surface area (Å²) in [5.41, 5.74) is 4.12. The monoisotopic (exact) mass is 399 g/mol. The lowest BCUT2D eigenvalue weighted by atomic mass is 10.1. The van der Waals surface area contributed by atoms with Crippen LogP contribution in [0.2, 0.25) is 0 Å². The van der Waals surface area contributed by atoms with E-state index in [-0.39, 0.29) is 0 Å². The molecule has 3 aromatic carbocycles. The molecule has 0 aliphatic heterocycles. The van der Waals surface area contributed by atoms with Crippen molar-refractivity contribution in [2.75, 3.05) is 7.11 Å². The van der Waals surface area contributed by atoms with E-state index >= 15 is 0 Å². The first-order chi connectivity index (χ1) is 14.6. The Labute approximate surface area is 173 Å². The number of carbonyl (C=O) groups excluding carboxylic acids is 2. The molecular weight excluding hydrogens is 382 g/mol. The fraction of sp³-hybridized carbons (Fsp3) is 0.0435. The van der Waals surface area contributed by atoms with Gasteiger partial charge in [-0.05, 0) is 60.7 Å². The van der Waals surface area contributed by atoms with E-state index in [0.717, 1.165) is 0 Å². The van der Waals surface area contributed by atoms with Crippen LogP contribution >= 0.6 is 0 Å². The van der Waals surface area contributed by atoms with Gasteiger partial charge >= 0.3 is 5.97 Å². The number of nitrogens with one attached hydrogen (secondary N) is 1. The number of carbonyl (C=O) groups is 2. The van der Waals surface area contributed by atoms with Crippen LogP contribution in [0.4, 0.5) is 0 Å². The molecule has 7 heteroatoms. The molecule has 0 atom stereocenters. The van der Waals surface area contributed by atoms with Gasteiger partial charge in [0, 0.05) is 11.1 Å². The van der Waals surface area contributed by atoms with Crippen LogP contribution in [0.5, 0.6) is 11.5 Å². The van der Waals surface area contributed by atoms with Crippen molar-refractivity contribution in [2.45, 2.75) is 0 Å². The molecule has 0 aliphatic carbocycles. The zero-order valence-corrected chi connectivity index (χ0v) is 16.0. The molecule has 0 spiro atoms. The summed E-state index contributed by atoms with van der Waals surface area (Å²) in [6, 6.07) is 21.5. The van der Waals surface area contributed by atoms with Crippen LogP contribution < -0.4 is 14.9 Å². The molecule has 0 aliphatic rings. The van der Waals surface area contributed by atoms with Gasteiger partial charge in [0.1, 0.15) is 11.5 Å². The molecule has 0 saturated heterocycles. The van der Waals surface area contributed by atoms with E-state index in [0.29, 0.717) is 33.8 Å². The number of para-hydroxylation sites is 1. The minimum Gasteiger partial charge on any atom is -0.497 e. The largest absolute Gasteiger partial charge is 0.497 e. The van der Waals surface area contributed by atoms with Gasteiger partial charge in [0.15, 0.2) is 0 Å². The molecule has 0 bridgehead atoms. The molecule has 0 saturated carbocycles. The molecule has 7 nitrogen and oxygen atoms in total. The Bertz CT molecular complexity index is 1110. The van der Waals surface area contributed by atoms with Crippen molar-refractivity contribution in [1.82, 2.24) is 5.43 Å². The van der Waals surface area contributed by atoms with Crippen molar-refractivity contribution >= 4 is 18.1 Å². The van der Waals surface area contributed by atoms with Gasteiger partial charge < -0.3 is 9.47 Å². The van der Waals surface area contributed by atoms with Crippen molar-refractivity contribution in [3.05, 3.63) is 95.1 Å². The average Bonchev–Trinajstić information content (AvgIpc) is 2.80. The van der Waals surface area contributed by atoms with Crippen molar-refractivity contribution in [2.24, 2.45) is 5.10 Å². The van der Waals surface area contributed by atoms with Crippen LogP contribution in [0.3, 0.4) is 0 Å². The van der Waals surface area contributed by atoms with Crippen LogP contribution in [0.1, 0.15) is 31.8 Å². The fourth-order valence-corrected chi connectivity index (χ4v) is 2.49. The number of amides is 1. The quantitative estimate of drug-likeness (QED) is 0.296. The highest BCUT2D eigenvalue weighted by Gasteiger charge is 2.11. The highest BCUT2D eigenvalue weighted by atomic mass is 16.5. The van der Waals surface area contributed by atoms with E-state index in [1.807, 2.05) is 6.07 Å². The standard InChI is InChI=1S/C23H17N3O4/c1-29-20-12-10-18(11-13-20)23(28)30-21-5-3-2-4-19(21)15-25-26-22(27)17-8-6-16(14-24)7-9-17/h2-13,15H,1H3,(H,26,27)/b25-15-. The first-order valence-electron chi connectivity index (χ1n) is 8.89. The summed E-state index contributed by atoms with van der Waals surface area (Å²) in [4.78, 5) is 24.5. The number of nitriles is 1. The minimum absolute atomic E-state index is 0.301. The number of rotatable bonds is 6. The van der Waals surface area contributed by atoms with Gasteiger partial charge in [0.25, 0.3) is 5.91 Å². The van der Waals surface area contributed by atoms with E-state index in [2.05, 4.69) is 10.5 Å². The Morgan fingerprint density at radius 3 is 2.30 bits per heavy atom. The van der Waals surface area contributed by atoms with Gasteiger partial charge in [-0.15, -0.1) is 0 Å². The lowest BCUT2D eigenvalue weighted by Crippen LogP contribution is -2.17. The zero-order chi connectivity index (χ0) is 21.3. The van der Waals surface area contributed by atoms with Gasteiger partial charge in [-0.3, -0.25) is 4.79 Å². The molecule has 0 heterocycles. The fourth-order valence-electron chi connectivity index (χ4n) is 2.49. The van der Waals surface area contributed by atoms with Gasteiger partial charge in [-0.25, -0.2) is 10.2 Å². The molecule has 148 valence electrons. The van der Waals surface area contributed by atoms with E-state index in [1.54, 1.807) is 67.8 Å². The Morgan fingerprint density at radius 2 is 1.63 bits per heavy atom. The summed E-state index contributed by atoms with van der Waals surface area (Å²) in [7, 11) is 1.54. The summed E-state index contributed by atoms with van der Waals surface area (Å²) in [6.07, 6.45) is 1.39. The minimum atomic E-state index is -0.528. The smallest absolute Gasteiger partial charge is 0.343 e. The number of methoxy groups -OCH3 is 1.